The largest absolute Gasteiger partial charge is 0.445 e. The second-order valence-corrected chi connectivity index (χ2v) is 7.31. The molecule has 1 aromatic carbocycles. The summed E-state index contributed by atoms with van der Waals surface area (Å²) in [6.45, 7) is 8.95. The molecular weight excluding hydrogens is 336 g/mol. The number of amides is 2. The number of aliphatic hydroxyl groups excluding tert-OH is 1. The van der Waals surface area contributed by atoms with E-state index < -0.39 is 23.8 Å². The van der Waals surface area contributed by atoms with Gasteiger partial charge in [-0.15, -0.1) is 0 Å². The Morgan fingerprint density at radius 1 is 1.19 bits per heavy atom. The highest BCUT2D eigenvalue weighted by Gasteiger charge is 2.27. The van der Waals surface area contributed by atoms with Crippen molar-refractivity contribution in [2.45, 2.75) is 58.9 Å². The predicted octanol–water partition coefficient (Wildman–Crippen LogP) is 2.92. The monoisotopic (exact) mass is 366 g/mol. The minimum absolute atomic E-state index is 0.115. The van der Waals surface area contributed by atoms with Crippen molar-refractivity contribution < 1.29 is 24.2 Å². The van der Waals surface area contributed by atoms with Gasteiger partial charge < -0.3 is 24.8 Å². The summed E-state index contributed by atoms with van der Waals surface area (Å²) in [5.74, 6) is 0. The summed E-state index contributed by atoms with van der Waals surface area (Å²) in [7, 11) is 0. The molecule has 1 unspecified atom stereocenters. The van der Waals surface area contributed by atoms with Gasteiger partial charge in [-0.2, -0.15) is 0 Å². The van der Waals surface area contributed by atoms with E-state index in [0.29, 0.717) is 0 Å². The molecule has 0 fully saturated rings. The molecule has 2 amide bonds. The number of carbonyl (C=O) groups is 2. The number of alkyl carbamates (subject to hydrolysis) is 1. The highest BCUT2D eigenvalue weighted by atomic mass is 16.6. The summed E-state index contributed by atoms with van der Waals surface area (Å²) in [5.41, 5.74) is 0.238. The van der Waals surface area contributed by atoms with Crippen LogP contribution in [0, 0.1) is 0 Å². The van der Waals surface area contributed by atoms with E-state index in [4.69, 9.17) is 9.47 Å². The molecule has 0 saturated carbocycles. The van der Waals surface area contributed by atoms with E-state index in [-0.39, 0.29) is 25.8 Å². The maximum Gasteiger partial charge on any atom is 0.410 e. The molecule has 0 heterocycles. The Bertz CT molecular complexity index is 569. The van der Waals surface area contributed by atoms with Crippen molar-refractivity contribution >= 4 is 12.2 Å². The van der Waals surface area contributed by atoms with Crippen molar-refractivity contribution in [2.24, 2.45) is 0 Å². The van der Waals surface area contributed by atoms with E-state index in [1.807, 2.05) is 44.2 Å². The third-order valence-corrected chi connectivity index (χ3v) is 3.42. The summed E-state index contributed by atoms with van der Waals surface area (Å²) < 4.78 is 10.5. The Kier molecular flexibility index (Phi) is 8.38. The molecule has 0 aliphatic rings. The number of aliphatic hydroxyl groups is 1. The Balaban J connectivity index is 2.59. The smallest absolute Gasteiger partial charge is 0.410 e. The van der Waals surface area contributed by atoms with E-state index >= 15 is 0 Å². The van der Waals surface area contributed by atoms with Crippen molar-refractivity contribution in [3.05, 3.63) is 35.9 Å². The van der Waals surface area contributed by atoms with Crippen LogP contribution in [0.1, 0.15) is 40.2 Å². The van der Waals surface area contributed by atoms with Crippen molar-refractivity contribution in [1.29, 1.82) is 0 Å². The molecule has 0 aromatic heterocycles. The van der Waals surface area contributed by atoms with Gasteiger partial charge in [-0.25, -0.2) is 9.59 Å². The summed E-state index contributed by atoms with van der Waals surface area (Å²) in [6.07, 6.45) is -1.15. The van der Waals surface area contributed by atoms with Gasteiger partial charge in [-0.05, 0) is 40.2 Å². The highest BCUT2D eigenvalue weighted by molar-refractivity contribution is 5.69. The molecular formula is C19H30N2O5. The van der Waals surface area contributed by atoms with Crippen LogP contribution in [0.3, 0.4) is 0 Å². The summed E-state index contributed by atoms with van der Waals surface area (Å²) >= 11 is 0. The number of carbonyl (C=O) groups excluding carboxylic acids is 2. The molecule has 7 heteroatoms. The fraction of sp³-hybridized carbons (Fsp3) is 0.579. The second-order valence-electron chi connectivity index (χ2n) is 7.31. The van der Waals surface area contributed by atoms with Gasteiger partial charge in [-0.3, -0.25) is 0 Å². The SMILES string of the molecule is CC(C)N(CC(CO)NC(=O)OCc1ccccc1)C(=O)OC(C)(C)C. The fourth-order valence-electron chi connectivity index (χ4n) is 2.13. The normalized spacial score (nSPS) is 12.4. The topological polar surface area (TPSA) is 88.1 Å². The van der Waals surface area contributed by atoms with Crippen LogP contribution >= 0.6 is 0 Å². The molecule has 1 aromatic rings. The van der Waals surface area contributed by atoms with Crippen molar-refractivity contribution in [2.75, 3.05) is 13.2 Å². The number of nitrogens with zero attached hydrogens (tertiary/aromatic N) is 1. The summed E-state index contributed by atoms with van der Waals surface area (Å²) in [4.78, 5) is 25.7. The second kappa shape index (κ2) is 10.0. The molecule has 1 atom stereocenters. The Morgan fingerprint density at radius 3 is 2.31 bits per heavy atom. The average Bonchev–Trinajstić information content (AvgIpc) is 2.55. The van der Waals surface area contributed by atoms with Crippen molar-refractivity contribution in [3.63, 3.8) is 0 Å². The number of rotatable bonds is 7. The lowest BCUT2D eigenvalue weighted by Crippen LogP contribution is -2.51. The third-order valence-electron chi connectivity index (χ3n) is 3.42. The number of hydrogen-bond donors (Lipinski definition) is 2. The summed E-state index contributed by atoms with van der Waals surface area (Å²) in [5, 5.41) is 12.1. The zero-order chi connectivity index (χ0) is 19.7. The molecule has 26 heavy (non-hydrogen) atoms. The summed E-state index contributed by atoms with van der Waals surface area (Å²) in [6, 6.07) is 8.47. The number of hydrogen-bond acceptors (Lipinski definition) is 5. The lowest BCUT2D eigenvalue weighted by atomic mass is 10.2. The minimum Gasteiger partial charge on any atom is -0.445 e. The van der Waals surface area contributed by atoms with Crippen molar-refractivity contribution in [1.82, 2.24) is 10.2 Å². The van der Waals surface area contributed by atoms with E-state index in [1.54, 1.807) is 20.8 Å². The van der Waals surface area contributed by atoms with Crippen LogP contribution in [0.5, 0.6) is 0 Å². The fourth-order valence-corrected chi connectivity index (χ4v) is 2.13. The van der Waals surface area contributed by atoms with Crippen LogP contribution in [0.25, 0.3) is 0 Å². The van der Waals surface area contributed by atoms with E-state index in [0.717, 1.165) is 5.56 Å². The maximum absolute atomic E-state index is 12.3. The van der Waals surface area contributed by atoms with Gasteiger partial charge >= 0.3 is 12.2 Å². The van der Waals surface area contributed by atoms with Crippen LogP contribution < -0.4 is 5.32 Å². The molecule has 0 bridgehead atoms. The molecule has 0 radical (unpaired) electrons. The van der Waals surface area contributed by atoms with Gasteiger partial charge in [0.1, 0.15) is 12.2 Å². The zero-order valence-corrected chi connectivity index (χ0v) is 16.2. The van der Waals surface area contributed by atoms with Gasteiger partial charge in [0.15, 0.2) is 0 Å². The van der Waals surface area contributed by atoms with Gasteiger partial charge in [0.25, 0.3) is 0 Å². The molecule has 0 saturated heterocycles. The molecule has 1 rings (SSSR count). The first-order valence-corrected chi connectivity index (χ1v) is 8.70. The zero-order valence-electron chi connectivity index (χ0n) is 16.2. The van der Waals surface area contributed by atoms with E-state index in [1.165, 1.54) is 4.90 Å². The highest BCUT2D eigenvalue weighted by Crippen LogP contribution is 2.12. The first kappa shape index (κ1) is 21.8. The van der Waals surface area contributed by atoms with Gasteiger partial charge in [0.2, 0.25) is 0 Å². The van der Waals surface area contributed by atoms with E-state index in [9.17, 15) is 14.7 Å². The molecule has 2 N–H and O–H groups in total. The maximum atomic E-state index is 12.3. The molecule has 7 nitrogen and oxygen atoms in total. The lowest BCUT2D eigenvalue weighted by molar-refractivity contribution is 0.0151. The predicted molar refractivity (Wildman–Crippen MR) is 98.7 cm³/mol. The molecule has 0 aliphatic heterocycles. The van der Waals surface area contributed by atoms with Gasteiger partial charge in [0, 0.05) is 12.6 Å². The average molecular weight is 366 g/mol. The first-order chi connectivity index (χ1) is 12.1. The number of nitrogens with one attached hydrogen (secondary N) is 1. The van der Waals surface area contributed by atoms with Gasteiger partial charge in [-0.1, -0.05) is 30.3 Å². The molecule has 146 valence electrons. The number of ether oxygens (including phenoxy) is 2. The number of benzene rings is 1. The third kappa shape index (κ3) is 8.20. The standard InChI is InChI=1S/C19H30N2O5/c1-14(2)21(18(24)26-19(3,4)5)11-16(12-22)20-17(23)25-13-15-9-7-6-8-10-15/h6-10,14,16,22H,11-13H2,1-5H3,(H,20,23). The van der Waals surface area contributed by atoms with Crippen LogP contribution in [0.15, 0.2) is 30.3 Å². The van der Waals surface area contributed by atoms with Crippen molar-refractivity contribution in [3.8, 4) is 0 Å². The van der Waals surface area contributed by atoms with E-state index in [2.05, 4.69) is 5.32 Å². The van der Waals surface area contributed by atoms with Gasteiger partial charge in [0.05, 0.1) is 12.6 Å². The Labute approximate surface area is 155 Å². The van der Waals surface area contributed by atoms with Crippen LogP contribution in [-0.2, 0) is 16.1 Å². The minimum atomic E-state index is -0.659. The molecule has 0 spiro atoms. The Hall–Kier alpha value is -2.28. The van der Waals surface area contributed by atoms with Crippen LogP contribution in [-0.4, -0.2) is 53.0 Å². The lowest BCUT2D eigenvalue weighted by Gasteiger charge is -2.32. The quantitative estimate of drug-likeness (QED) is 0.775. The molecule has 0 aliphatic carbocycles. The Morgan fingerprint density at radius 2 is 1.81 bits per heavy atom. The first-order valence-electron chi connectivity index (χ1n) is 8.70. The van der Waals surface area contributed by atoms with Crippen LogP contribution in [0.2, 0.25) is 0 Å². The van der Waals surface area contributed by atoms with Crippen LogP contribution in [0.4, 0.5) is 9.59 Å².